The van der Waals surface area contributed by atoms with Crippen molar-refractivity contribution in [1.29, 1.82) is 0 Å². The Labute approximate surface area is 95.0 Å². The van der Waals surface area contributed by atoms with Crippen LogP contribution in [-0.2, 0) is 0 Å². The molecule has 0 bridgehead atoms. The molecule has 1 heterocycles. The molecule has 1 aromatic heterocycles. The van der Waals surface area contributed by atoms with E-state index in [-0.39, 0.29) is 0 Å². The van der Waals surface area contributed by atoms with Gasteiger partial charge in [0.2, 0.25) is 0 Å². The molecule has 0 spiro atoms. The largest absolute Gasteiger partial charge is 0.490 e. The first kappa shape index (κ1) is 12.0. The van der Waals surface area contributed by atoms with E-state index in [2.05, 4.69) is 29.1 Å². The second-order valence-electron chi connectivity index (χ2n) is 3.44. The topological polar surface area (TPSA) is 47.0 Å². The predicted molar refractivity (Wildman–Crippen MR) is 61.5 cm³/mol. The number of rotatable bonds is 5. The van der Waals surface area contributed by atoms with Gasteiger partial charge in [0, 0.05) is 6.54 Å². The van der Waals surface area contributed by atoms with Gasteiger partial charge < -0.3 is 10.1 Å². The molecule has 0 saturated heterocycles. The zero-order chi connectivity index (χ0) is 11.3. The Bertz CT molecular complexity index is 320. The molecular weight excluding hydrogens is 214 g/mol. The van der Waals surface area contributed by atoms with Gasteiger partial charge >= 0.3 is 0 Å². The highest BCUT2D eigenvalue weighted by Crippen LogP contribution is 2.28. The molecular formula is C10H16ClN3O. The zero-order valence-electron chi connectivity index (χ0n) is 9.25. The number of hydrogen-bond donors (Lipinski definition) is 1. The number of methoxy groups -OCH3 is 1. The molecule has 0 aliphatic rings. The lowest BCUT2D eigenvalue weighted by Gasteiger charge is -2.13. The van der Waals surface area contributed by atoms with Crippen LogP contribution in [0, 0.1) is 5.92 Å². The van der Waals surface area contributed by atoms with Gasteiger partial charge in [-0.15, -0.1) is 0 Å². The van der Waals surface area contributed by atoms with E-state index >= 15 is 0 Å². The molecule has 5 heteroatoms. The fourth-order valence-corrected chi connectivity index (χ4v) is 1.28. The van der Waals surface area contributed by atoms with E-state index in [1.54, 1.807) is 7.11 Å². The molecule has 0 aliphatic carbocycles. The second kappa shape index (κ2) is 5.75. The van der Waals surface area contributed by atoms with E-state index in [4.69, 9.17) is 16.3 Å². The maximum absolute atomic E-state index is 5.86. The molecule has 1 N–H and O–H groups in total. The average Bonchev–Trinajstić information content (AvgIpc) is 2.25. The van der Waals surface area contributed by atoms with Gasteiger partial charge in [0.05, 0.1) is 7.11 Å². The summed E-state index contributed by atoms with van der Waals surface area (Å²) in [5.74, 6) is 1.74. The molecule has 0 radical (unpaired) electrons. The van der Waals surface area contributed by atoms with Crippen LogP contribution < -0.4 is 10.1 Å². The maximum Gasteiger partial charge on any atom is 0.198 e. The number of aromatic nitrogens is 2. The predicted octanol–water partition coefficient (Wildman–Crippen LogP) is 2.60. The molecule has 0 fully saturated rings. The molecule has 15 heavy (non-hydrogen) atoms. The van der Waals surface area contributed by atoms with Crippen LogP contribution in [0.1, 0.15) is 20.3 Å². The Morgan fingerprint density at radius 2 is 2.27 bits per heavy atom. The van der Waals surface area contributed by atoms with Gasteiger partial charge in [0.15, 0.2) is 16.7 Å². The van der Waals surface area contributed by atoms with Gasteiger partial charge in [0.1, 0.15) is 6.33 Å². The number of ether oxygens (including phenoxy) is 1. The Kier molecular flexibility index (Phi) is 4.62. The Hall–Kier alpha value is -1.03. The highest BCUT2D eigenvalue weighted by molar-refractivity contribution is 6.31. The van der Waals surface area contributed by atoms with Gasteiger partial charge in [0.25, 0.3) is 0 Å². The van der Waals surface area contributed by atoms with Crippen molar-refractivity contribution in [3.63, 3.8) is 0 Å². The van der Waals surface area contributed by atoms with Crippen molar-refractivity contribution in [2.45, 2.75) is 20.3 Å². The van der Waals surface area contributed by atoms with Crippen molar-refractivity contribution in [3.8, 4) is 5.75 Å². The smallest absolute Gasteiger partial charge is 0.198 e. The van der Waals surface area contributed by atoms with Gasteiger partial charge in [-0.05, 0) is 5.92 Å². The van der Waals surface area contributed by atoms with Crippen LogP contribution in [0.5, 0.6) is 5.75 Å². The lowest BCUT2D eigenvalue weighted by atomic mass is 10.1. The number of nitrogens with one attached hydrogen (secondary N) is 1. The van der Waals surface area contributed by atoms with Crippen LogP contribution in [0.15, 0.2) is 6.33 Å². The van der Waals surface area contributed by atoms with Crippen molar-refractivity contribution < 1.29 is 4.74 Å². The van der Waals surface area contributed by atoms with E-state index in [1.165, 1.54) is 6.33 Å². The fraction of sp³-hybridized carbons (Fsp3) is 0.600. The van der Waals surface area contributed by atoms with Crippen LogP contribution in [-0.4, -0.2) is 23.6 Å². The monoisotopic (exact) mass is 229 g/mol. The summed E-state index contributed by atoms with van der Waals surface area (Å²) in [5, 5.41) is 3.53. The number of hydrogen-bond acceptors (Lipinski definition) is 4. The first-order chi connectivity index (χ1) is 7.19. The first-order valence-corrected chi connectivity index (χ1v) is 5.35. The lowest BCUT2D eigenvalue weighted by molar-refractivity contribution is 0.412. The van der Waals surface area contributed by atoms with Crippen molar-refractivity contribution in [2.24, 2.45) is 5.92 Å². The van der Waals surface area contributed by atoms with Crippen molar-refractivity contribution in [1.82, 2.24) is 9.97 Å². The van der Waals surface area contributed by atoms with E-state index in [0.29, 0.717) is 22.6 Å². The molecule has 0 saturated carbocycles. The summed E-state index contributed by atoms with van der Waals surface area (Å²) < 4.78 is 5.12. The molecule has 0 amide bonds. The summed E-state index contributed by atoms with van der Waals surface area (Å²) in [5.41, 5.74) is 0. The van der Waals surface area contributed by atoms with Crippen molar-refractivity contribution in [3.05, 3.63) is 11.5 Å². The second-order valence-corrected chi connectivity index (χ2v) is 3.80. The minimum Gasteiger partial charge on any atom is -0.490 e. The quantitative estimate of drug-likeness (QED) is 0.789. The third kappa shape index (κ3) is 3.23. The Morgan fingerprint density at radius 3 is 2.87 bits per heavy atom. The summed E-state index contributed by atoms with van der Waals surface area (Å²) in [6, 6.07) is 0. The Morgan fingerprint density at radius 1 is 1.53 bits per heavy atom. The van der Waals surface area contributed by atoms with E-state index < -0.39 is 0 Å². The summed E-state index contributed by atoms with van der Waals surface area (Å²) >= 11 is 5.86. The molecule has 1 unspecified atom stereocenters. The first-order valence-electron chi connectivity index (χ1n) is 4.97. The zero-order valence-corrected chi connectivity index (χ0v) is 10.0. The summed E-state index contributed by atoms with van der Waals surface area (Å²) in [7, 11) is 1.55. The number of nitrogens with zero attached hydrogens (tertiary/aromatic N) is 2. The molecule has 0 aromatic carbocycles. The van der Waals surface area contributed by atoms with Crippen molar-refractivity contribution in [2.75, 3.05) is 19.0 Å². The fourth-order valence-electron chi connectivity index (χ4n) is 1.07. The Balaban J connectivity index is 2.72. The highest BCUT2D eigenvalue weighted by Gasteiger charge is 2.10. The van der Waals surface area contributed by atoms with Gasteiger partial charge in [-0.1, -0.05) is 31.9 Å². The molecule has 84 valence electrons. The van der Waals surface area contributed by atoms with Crippen LogP contribution in [0.3, 0.4) is 0 Å². The van der Waals surface area contributed by atoms with Gasteiger partial charge in [-0.25, -0.2) is 9.97 Å². The number of anilines is 1. The van der Waals surface area contributed by atoms with Crippen LogP contribution in [0.25, 0.3) is 0 Å². The van der Waals surface area contributed by atoms with Crippen LogP contribution in [0.4, 0.5) is 5.82 Å². The normalized spacial score (nSPS) is 12.3. The highest BCUT2D eigenvalue weighted by atomic mass is 35.5. The SMILES string of the molecule is CCC(C)CNc1ncnc(Cl)c1OC. The average molecular weight is 230 g/mol. The van der Waals surface area contributed by atoms with E-state index in [0.717, 1.165) is 13.0 Å². The van der Waals surface area contributed by atoms with Crippen LogP contribution in [0.2, 0.25) is 5.15 Å². The van der Waals surface area contributed by atoms with E-state index in [9.17, 15) is 0 Å². The minimum atomic E-state index is 0.333. The summed E-state index contributed by atoms with van der Waals surface area (Å²) in [4.78, 5) is 7.93. The minimum absolute atomic E-state index is 0.333. The van der Waals surface area contributed by atoms with Gasteiger partial charge in [-0.3, -0.25) is 0 Å². The molecule has 4 nitrogen and oxygen atoms in total. The molecule has 1 aromatic rings. The summed E-state index contributed by atoms with van der Waals surface area (Å²) in [6.07, 6.45) is 2.54. The third-order valence-electron chi connectivity index (χ3n) is 2.28. The number of halogens is 1. The third-order valence-corrected chi connectivity index (χ3v) is 2.55. The van der Waals surface area contributed by atoms with E-state index in [1.807, 2.05) is 0 Å². The maximum atomic E-state index is 5.86. The van der Waals surface area contributed by atoms with Crippen molar-refractivity contribution >= 4 is 17.4 Å². The molecule has 0 aliphatic heterocycles. The molecule has 1 atom stereocenters. The molecule has 1 rings (SSSR count). The standard InChI is InChI=1S/C10H16ClN3O/c1-4-7(2)5-12-10-8(15-3)9(11)13-6-14-10/h6-7H,4-5H2,1-3H3,(H,12,13,14). The van der Waals surface area contributed by atoms with Gasteiger partial charge in [-0.2, -0.15) is 0 Å². The van der Waals surface area contributed by atoms with Crippen LogP contribution >= 0.6 is 11.6 Å². The summed E-state index contributed by atoms with van der Waals surface area (Å²) in [6.45, 7) is 5.17. The lowest BCUT2D eigenvalue weighted by Crippen LogP contribution is -2.12.